The Kier molecular flexibility index (Phi) is 14.8. The van der Waals surface area contributed by atoms with E-state index in [1.807, 2.05) is 0 Å². The highest BCUT2D eigenvalue weighted by Crippen LogP contribution is 2.06. The number of allylic oxidation sites excluding steroid dienone is 6. The Morgan fingerprint density at radius 1 is 0.885 bits per heavy atom. The van der Waals surface area contributed by atoms with Crippen molar-refractivity contribution in [1.82, 2.24) is 5.06 Å². The van der Waals surface area contributed by atoms with Gasteiger partial charge in [-0.05, 0) is 44.9 Å². The van der Waals surface area contributed by atoms with Gasteiger partial charge in [0, 0.05) is 6.42 Å². The molecule has 1 aliphatic rings. The van der Waals surface area contributed by atoms with E-state index < -0.39 is 0 Å². The summed E-state index contributed by atoms with van der Waals surface area (Å²) in [5.74, 6) is -0.124. The van der Waals surface area contributed by atoms with Gasteiger partial charge in [0.2, 0.25) is 0 Å². The number of hydrogen-bond donors (Lipinski definition) is 0. The highest BCUT2D eigenvalue weighted by Gasteiger charge is 2.14. The predicted octanol–water partition coefficient (Wildman–Crippen LogP) is 5.37. The normalized spacial score (nSPS) is 16.2. The van der Waals surface area contributed by atoms with Crippen molar-refractivity contribution in [1.29, 1.82) is 0 Å². The summed E-state index contributed by atoms with van der Waals surface area (Å²) in [6.07, 6.45) is 24.0. The molecule has 148 valence electrons. The average molecular weight is 364 g/mol. The van der Waals surface area contributed by atoms with E-state index in [9.17, 15) is 4.79 Å². The topological polar surface area (TPSA) is 38.8 Å². The Morgan fingerprint density at radius 3 is 2.08 bits per heavy atom. The van der Waals surface area contributed by atoms with Crippen molar-refractivity contribution in [2.45, 2.75) is 71.1 Å². The smallest absolute Gasteiger partial charge is 0.325 e. The monoisotopic (exact) mass is 363 g/mol. The predicted molar refractivity (Wildman–Crippen MR) is 108 cm³/mol. The minimum atomic E-state index is -0.124. The van der Waals surface area contributed by atoms with Crippen molar-refractivity contribution in [2.75, 3.05) is 26.3 Å². The fourth-order valence-corrected chi connectivity index (χ4v) is 2.65. The van der Waals surface area contributed by atoms with Gasteiger partial charge in [-0.15, -0.1) is 5.06 Å². The van der Waals surface area contributed by atoms with Crippen LogP contribution in [-0.2, 0) is 14.4 Å². The molecule has 4 nitrogen and oxygen atoms in total. The van der Waals surface area contributed by atoms with Gasteiger partial charge in [0.05, 0.1) is 26.3 Å². The molecule has 0 N–H and O–H groups in total. The van der Waals surface area contributed by atoms with Gasteiger partial charge < -0.3 is 9.57 Å². The minimum Gasteiger partial charge on any atom is -0.379 e. The molecule has 0 bridgehead atoms. The molecule has 0 radical (unpaired) electrons. The van der Waals surface area contributed by atoms with Crippen LogP contribution in [0.2, 0.25) is 0 Å². The second-order valence-corrected chi connectivity index (χ2v) is 6.63. The van der Waals surface area contributed by atoms with Gasteiger partial charge in [0.15, 0.2) is 0 Å². The molecule has 1 rings (SSSR count). The first kappa shape index (κ1) is 22.7. The third-order valence-electron chi connectivity index (χ3n) is 4.22. The van der Waals surface area contributed by atoms with Crippen molar-refractivity contribution in [3.8, 4) is 0 Å². The SMILES string of the molecule is CCCCC/C=C\C/C=C\C/C=C\CCCCC(=O)ON1CCOCC1. The summed E-state index contributed by atoms with van der Waals surface area (Å²) in [5.41, 5.74) is 0. The van der Waals surface area contributed by atoms with Crippen LogP contribution in [0.1, 0.15) is 71.1 Å². The number of nitrogens with zero attached hydrogens (tertiary/aromatic N) is 1. The van der Waals surface area contributed by atoms with E-state index in [0.717, 1.165) is 32.1 Å². The summed E-state index contributed by atoms with van der Waals surface area (Å²) in [5, 5.41) is 1.71. The van der Waals surface area contributed by atoms with E-state index in [-0.39, 0.29) is 5.97 Å². The maximum atomic E-state index is 11.7. The van der Waals surface area contributed by atoms with Gasteiger partial charge in [0.25, 0.3) is 0 Å². The van der Waals surface area contributed by atoms with Crippen molar-refractivity contribution in [2.24, 2.45) is 0 Å². The molecule has 1 heterocycles. The van der Waals surface area contributed by atoms with Gasteiger partial charge in [0.1, 0.15) is 0 Å². The van der Waals surface area contributed by atoms with Crippen molar-refractivity contribution < 1.29 is 14.4 Å². The molecule has 4 heteroatoms. The lowest BCUT2D eigenvalue weighted by Crippen LogP contribution is -2.37. The second-order valence-electron chi connectivity index (χ2n) is 6.63. The number of morpholine rings is 1. The molecule has 0 atom stereocenters. The van der Waals surface area contributed by atoms with Crippen molar-refractivity contribution >= 4 is 5.97 Å². The number of hydroxylamine groups is 2. The van der Waals surface area contributed by atoms with Crippen LogP contribution in [0.25, 0.3) is 0 Å². The van der Waals surface area contributed by atoms with Crippen molar-refractivity contribution in [3.63, 3.8) is 0 Å². The number of hydrogen-bond acceptors (Lipinski definition) is 4. The molecule has 0 aromatic rings. The molecule has 0 aliphatic carbocycles. The first-order valence-corrected chi connectivity index (χ1v) is 10.3. The standard InChI is InChI=1S/C22H37NO3/c1-2-3-4-5-6-7-8-9-10-11-12-13-14-15-16-17-22(24)26-23-18-20-25-21-19-23/h6-7,9-10,12-13H,2-5,8,11,14-21H2,1H3/b7-6-,10-9-,13-12-. The Balaban J connectivity index is 1.89. The lowest BCUT2D eigenvalue weighted by molar-refractivity contribution is -0.205. The fraction of sp³-hybridized carbons (Fsp3) is 0.682. The molecule has 0 saturated carbocycles. The van der Waals surface area contributed by atoms with E-state index in [1.165, 1.54) is 25.7 Å². The van der Waals surface area contributed by atoms with Gasteiger partial charge in [-0.1, -0.05) is 56.2 Å². The molecule has 0 spiro atoms. The molecule has 0 unspecified atom stereocenters. The van der Waals surface area contributed by atoms with Crippen LogP contribution < -0.4 is 0 Å². The van der Waals surface area contributed by atoms with Crippen molar-refractivity contribution in [3.05, 3.63) is 36.5 Å². The Labute approximate surface area is 159 Å². The number of ether oxygens (including phenoxy) is 1. The lowest BCUT2D eigenvalue weighted by atomic mass is 10.2. The van der Waals surface area contributed by atoms with Gasteiger partial charge in [-0.2, -0.15) is 0 Å². The molecule has 0 aromatic carbocycles. The van der Waals surface area contributed by atoms with Crippen LogP contribution in [0, 0.1) is 0 Å². The summed E-state index contributed by atoms with van der Waals surface area (Å²) < 4.78 is 5.22. The Hall–Kier alpha value is -1.39. The average Bonchev–Trinajstić information content (AvgIpc) is 2.65. The quantitative estimate of drug-likeness (QED) is 0.307. The molecule has 1 fully saturated rings. The van der Waals surface area contributed by atoms with Gasteiger partial charge in [-0.25, -0.2) is 0 Å². The molecule has 26 heavy (non-hydrogen) atoms. The molecule has 0 aromatic heterocycles. The Morgan fingerprint density at radius 2 is 1.46 bits per heavy atom. The highest BCUT2D eigenvalue weighted by molar-refractivity contribution is 5.68. The van der Waals surface area contributed by atoms with Crippen LogP contribution in [0.4, 0.5) is 0 Å². The van der Waals surface area contributed by atoms with Crippen LogP contribution in [0.5, 0.6) is 0 Å². The van der Waals surface area contributed by atoms with Gasteiger partial charge in [-0.3, -0.25) is 4.79 Å². The largest absolute Gasteiger partial charge is 0.379 e. The van der Waals surface area contributed by atoms with Crippen LogP contribution in [0.15, 0.2) is 36.5 Å². The van der Waals surface area contributed by atoms with E-state index in [0.29, 0.717) is 32.7 Å². The summed E-state index contributed by atoms with van der Waals surface area (Å²) in [7, 11) is 0. The summed E-state index contributed by atoms with van der Waals surface area (Å²) in [4.78, 5) is 17.0. The first-order valence-electron chi connectivity index (χ1n) is 10.3. The number of carbonyl (C=O) groups excluding carboxylic acids is 1. The number of unbranched alkanes of at least 4 members (excludes halogenated alkanes) is 5. The second kappa shape index (κ2) is 17.0. The lowest BCUT2D eigenvalue weighted by Gasteiger charge is -2.24. The third kappa shape index (κ3) is 13.9. The molecule has 1 saturated heterocycles. The van der Waals surface area contributed by atoms with E-state index in [2.05, 4.69) is 43.4 Å². The van der Waals surface area contributed by atoms with E-state index in [4.69, 9.17) is 9.57 Å². The maximum absolute atomic E-state index is 11.7. The summed E-state index contributed by atoms with van der Waals surface area (Å²) >= 11 is 0. The number of carbonyl (C=O) groups is 1. The van der Waals surface area contributed by atoms with Crippen LogP contribution >= 0.6 is 0 Å². The molecular weight excluding hydrogens is 326 g/mol. The Bertz CT molecular complexity index is 423. The number of rotatable bonds is 14. The molecular formula is C22H37NO3. The van der Waals surface area contributed by atoms with E-state index in [1.54, 1.807) is 5.06 Å². The highest BCUT2D eigenvalue weighted by atomic mass is 16.7. The van der Waals surface area contributed by atoms with E-state index >= 15 is 0 Å². The zero-order valence-corrected chi connectivity index (χ0v) is 16.5. The van der Waals surface area contributed by atoms with Crippen LogP contribution in [0.3, 0.4) is 0 Å². The van der Waals surface area contributed by atoms with Crippen LogP contribution in [-0.4, -0.2) is 37.3 Å². The zero-order valence-electron chi connectivity index (χ0n) is 16.5. The fourth-order valence-electron chi connectivity index (χ4n) is 2.65. The zero-order chi connectivity index (χ0) is 18.7. The van der Waals surface area contributed by atoms with Gasteiger partial charge >= 0.3 is 5.97 Å². The molecule has 0 amide bonds. The maximum Gasteiger partial charge on any atom is 0.325 e. The third-order valence-corrected chi connectivity index (χ3v) is 4.22. The summed E-state index contributed by atoms with van der Waals surface area (Å²) in [6, 6.07) is 0. The minimum absolute atomic E-state index is 0.124. The summed E-state index contributed by atoms with van der Waals surface area (Å²) in [6.45, 7) is 4.87. The first-order chi connectivity index (χ1) is 12.8. The molecule has 1 aliphatic heterocycles.